The first-order valence-corrected chi connectivity index (χ1v) is 3.46. The van der Waals surface area contributed by atoms with E-state index in [0.717, 1.165) is 5.39 Å². The second-order valence-corrected chi connectivity index (χ2v) is 2.42. The first kappa shape index (κ1) is 7.03. The fraction of sp³-hybridized carbons (Fsp3) is 0. The molecule has 0 aliphatic carbocycles. The molecule has 0 aliphatic rings. The van der Waals surface area contributed by atoms with Crippen LogP contribution in [0.4, 0.5) is 4.39 Å². The highest BCUT2D eigenvalue weighted by molar-refractivity contribution is 5.91. The van der Waals surface area contributed by atoms with E-state index >= 15 is 0 Å². The molecule has 2 aromatic rings. The van der Waals surface area contributed by atoms with Crippen LogP contribution in [0.1, 0.15) is 10.6 Å². The summed E-state index contributed by atoms with van der Waals surface area (Å²) in [5.41, 5.74) is 0.526. The summed E-state index contributed by atoms with van der Waals surface area (Å²) in [6, 6.07) is 6.85. The molecule has 1 heterocycles. The fourth-order valence-electron chi connectivity index (χ4n) is 1.08. The maximum Gasteiger partial charge on any atom is 0.367 e. The lowest BCUT2D eigenvalue weighted by atomic mass is 10.2. The van der Waals surface area contributed by atoms with E-state index in [-0.39, 0.29) is 5.76 Å². The summed E-state index contributed by atoms with van der Waals surface area (Å²) < 4.78 is 17.0. The molecule has 1 aromatic heterocycles. The Morgan fingerprint density at radius 3 is 2.75 bits per heavy atom. The number of furan rings is 1. The van der Waals surface area contributed by atoms with Crippen LogP contribution in [0.2, 0.25) is 0 Å². The number of hydrogen-bond acceptors (Lipinski definition) is 2. The number of fused-ring (bicyclic) bond motifs is 1. The van der Waals surface area contributed by atoms with Gasteiger partial charge in [0.2, 0.25) is 5.76 Å². The van der Waals surface area contributed by atoms with E-state index in [1.54, 1.807) is 24.3 Å². The molecular weight excluding hydrogens is 159 g/mol. The van der Waals surface area contributed by atoms with Gasteiger partial charge in [-0.25, -0.2) is 0 Å². The van der Waals surface area contributed by atoms with E-state index in [1.165, 1.54) is 6.07 Å². The zero-order chi connectivity index (χ0) is 8.55. The smallest absolute Gasteiger partial charge is 0.367 e. The van der Waals surface area contributed by atoms with Gasteiger partial charge in [0.25, 0.3) is 0 Å². The molecule has 12 heavy (non-hydrogen) atoms. The Labute approximate surface area is 67.6 Å². The average molecular weight is 164 g/mol. The molecule has 0 unspecified atom stereocenters. The van der Waals surface area contributed by atoms with Gasteiger partial charge < -0.3 is 4.42 Å². The topological polar surface area (TPSA) is 30.2 Å². The lowest BCUT2D eigenvalue weighted by Crippen LogP contribution is -1.82. The number of carbonyl (C=O) groups excluding carboxylic acids is 1. The van der Waals surface area contributed by atoms with Gasteiger partial charge in [-0.2, -0.15) is 4.39 Å². The van der Waals surface area contributed by atoms with Gasteiger partial charge in [-0.15, -0.1) is 0 Å². The van der Waals surface area contributed by atoms with Crippen molar-refractivity contribution < 1.29 is 13.6 Å². The largest absolute Gasteiger partial charge is 0.450 e. The monoisotopic (exact) mass is 164 g/mol. The zero-order valence-corrected chi connectivity index (χ0v) is 6.08. The molecule has 0 fully saturated rings. The number of benzene rings is 1. The highest BCUT2D eigenvalue weighted by Crippen LogP contribution is 2.18. The molecule has 2 nitrogen and oxygen atoms in total. The van der Waals surface area contributed by atoms with Gasteiger partial charge in [0.15, 0.2) is 0 Å². The van der Waals surface area contributed by atoms with Crippen molar-refractivity contribution in [1.82, 2.24) is 0 Å². The van der Waals surface area contributed by atoms with Gasteiger partial charge in [0.05, 0.1) is 0 Å². The summed E-state index contributed by atoms with van der Waals surface area (Å²) in [5, 5.41) is 0.735. The minimum atomic E-state index is -1.54. The standard InChI is InChI=1S/C9H5FO2/c10-9(11)8-5-6-3-1-2-4-7(6)12-8/h1-5H. The summed E-state index contributed by atoms with van der Waals surface area (Å²) in [7, 11) is 0. The van der Waals surface area contributed by atoms with E-state index in [4.69, 9.17) is 4.42 Å². The lowest BCUT2D eigenvalue weighted by Gasteiger charge is -1.82. The van der Waals surface area contributed by atoms with Gasteiger partial charge in [0, 0.05) is 5.39 Å². The Morgan fingerprint density at radius 1 is 1.33 bits per heavy atom. The SMILES string of the molecule is O=C(F)c1cc2ccccc2o1. The van der Waals surface area contributed by atoms with Crippen molar-refractivity contribution in [2.24, 2.45) is 0 Å². The van der Waals surface area contributed by atoms with Gasteiger partial charge in [-0.3, -0.25) is 4.79 Å². The second kappa shape index (κ2) is 2.44. The van der Waals surface area contributed by atoms with E-state index in [0.29, 0.717) is 5.58 Å². The van der Waals surface area contributed by atoms with Crippen LogP contribution in [0, 0.1) is 0 Å². The molecule has 3 heteroatoms. The van der Waals surface area contributed by atoms with Crippen molar-refractivity contribution >= 4 is 17.0 Å². The molecule has 0 bridgehead atoms. The molecule has 0 atom stereocenters. The predicted octanol–water partition coefficient (Wildman–Crippen LogP) is 2.54. The van der Waals surface area contributed by atoms with Crippen LogP contribution in [-0.4, -0.2) is 6.04 Å². The lowest BCUT2D eigenvalue weighted by molar-refractivity contribution is 0.0807. The highest BCUT2D eigenvalue weighted by atomic mass is 19.1. The quantitative estimate of drug-likeness (QED) is 0.606. The Morgan fingerprint density at radius 2 is 2.08 bits per heavy atom. The van der Waals surface area contributed by atoms with Crippen molar-refractivity contribution in [3.8, 4) is 0 Å². The summed E-state index contributed by atoms with van der Waals surface area (Å²) in [6.07, 6.45) is 0. The number of para-hydroxylation sites is 1. The first-order valence-electron chi connectivity index (χ1n) is 3.46. The molecule has 0 amide bonds. The Bertz CT molecular complexity index is 398. The molecule has 1 aromatic carbocycles. The fourth-order valence-corrected chi connectivity index (χ4v) is 1.08. The van der Waals surface area contributed by atoms with Gasteiger partial charge >= 0.3 is 6.04 Å². The molecule has 0 N–H and O–H groups in total. The van der Waals surface area contributed by atoms with Crippen LogP contribution >= 0.6 is 0 Å². The van der Waals surface area contributed by atoms with Crippen molar-refractivity contribution in [2.75, 3.05) is 0 Å². The van der Waals surface area contributed by atoms with Crippen LogP contribution in [-0.2, 0) is 0 Å². The van der Waals surface area contributed by atoms with Crippen LogP contribution in [0.25, 0.3) is 11.0 Å². The van der Waals surface area contributed by atoms with Crippen LogP contribution in [0.3, 0.4) is 0 Å². The van der Waals surface area contributed by atoms with Crippen LogP contribution < -0.4 is 0 Å². The molecule has 0 aliphatic heterocycles. The van der Waals surface area contributed by atoms with Crippen molar-refractivity contribution in [3.63, 3.8) is 0 Å². The maximum absolute atomic E-state index is 12.1. The predicted molar refractivity (Wildman–Crippen MR) is 41.7 cm³/mol. The molecule has 2 rings (SSSR count). The van der Waals surface area contributed by atoms with E-state index in [9.17, 15) is 9.18 Å². The normalized spacial score (nSPS) is 10.4. The van der Waals surface area contributed by atoms with E-state index < -0.39 is 6.04 Å². The first-order chi connectivity index (χ1) is 5.77. The minimum absolute atomic E-state index is 0.240. The van der Waals surface area contributed by atoms with E-state index in [1.807, 2.05) is 0 Å². The van der Waals surface area contributed by atoms with Crippen LogP contribution in [0.5, 0.6) is 0 Å². The average Bonchev–Trinajstić information content (AvgIpc) is 2.46. The summed E-state index contributed by atoms with van der Waals surface area (Å²) >= 11 is 0. The van der Waals surface area contributed by atoms with Crippen LogP contribution in [0.15, 0.2) is 34.7 Å². The molecule has 0 saturated heterocycles. The molecule has 0 spiro atoms. The van der Waals surface area contributed by atoms with Gasteiger partial charge in [-0.1, -0.05) is 18.2 Å². The molecule has 0 saturated carbocycles. The number of halogens is 1. The Balaban J connectivity index is 2.70. The zero-order valence-electron chi connectivity index (χ0n) is 6.08. The molecule has 0 radical (unpaired) electrons. The summed E-state index contributed by atoms with van der Waals surface area (Å²) in [6.45, 7) is 0. The summed E-state index contributed by atoms with van der Waals surface area (Å²) in [5.74, 6) is -0.240. The molecule has 60 valence electrons. The third-order valence-corrected chi connectivity index (χ3v) is 1.62. The molecular formula is C9H5FO2. The van der Waals surface area contributed by atoms with Gasteiger partial charge in [-0.05, 0) is 12.1 Å². The summed E-state index contributed by atoms with van der Waals surface area (Å²) in [4.78, 5) is 10.3. The Kier molecular flexibility index (Phi) is 1.43. The number of hydrogen-bond donors (Lipinski definition) is 0. The van der Waals surface area contributed by atoms with Crippen molar-refractivity contribution in [2.45, 2.75) is 0 Å². The number of carbonyl (C=O) groups is 1. The minimum Gasteiger partial charge on any atom is -0.450 e. The Hall–Kier alpha value is -1.64. The maximum atomic E-state index is 12.1. The second-order valence-electron chi connectivity index (χ2n) is 2.42. The van der Waals surface area contributed by atoms with Crippen molar-refractivity contribution in [3.05, 3.63) is 36.1 Å². The highest BCUT2D eigenvalue weighted by Gasteiger charge is 2.09. The van der Waals surface area contributed by atoms with Crippen molar-refractivity contribution in [1.29, 1.82) is 0 Å². The third-order valence-electron chi connectivity index (χ3n) is 1.62. The van der Waals surface area contributed by atoms with E-state index in [2.05, 4.69) is 0 Å². The van der Waals surface area contributed by atoms with Gasteiger partial charge in [0.1, 0.15) is 5.58 Å². The number of rotatable bonds is 1. The third kappa shape index (κ3) is 0.993.